The lowest BCUT2D eigenvalue weighted by Crippen LogP contribution is -2.36. The molecule has 0 fully saturated rings. The van der Waals surface area contributed by atoms with Crippen LogP contribution in [0.25, 0.3) is 0 Å². The van der Waals surface area contributed by atoms with E-state index in [0.29, 0.717) is 30.9 Å². The van der Waals surface area contributed by atoms with Gasteiger partial charge in [-0.15, -0.1) is 12.4 Å². The van der Waals surface area contributed by atoms with Crippen molar-refractivity contribution in [3.63, 3.8) is 0 Å². The minimum absolute atomic E-state index is 0. The van der Waals surface area contributed by atoms with Gasteiger partial charge in [-0.2, -0.15) is 5.26 Å². The van der Waals surface area contributed by atoms with Gasteiger partial charge in [0.15, 0.2) is 0 Å². The van der Waals surface area contributed by atoms with Crippen LogP contribution in [-0.4, -0.2) is 41.8 Å². The van der Waals surface area contributed by atoms with Crippen LogP contribution >= 0.6 is 12.4 Å². The van der Waals surface area contributed by atoms with Crippen LogP contribution in [0.15, 0.2) is 67.4 Å². The van der Waals surface area contributed by atoms with Gasteiger partial charge < -0.3 is 14.6 Å². The van der Waals surface area contributed by atoms with E-state index in [9.17, 15) is 9.90 Å². The molecule has 0 aliphatic rings. The molecule has 2 aromatic rings. The number of aliphatic hydroxyl groups excluding tert-OH is 1. The molecule has 0 saturated carbocycles. The second-order valence-corrected chi connectivity index (χ2v) is 6.20. The summed E-state index contributed by atoms with van der Waals surface area (Å²) in [5.74, 6) is 0.0648. The molecule has 0 heterocycles. The van der Waals surface area contributed by atoms with Gasteiger partial charge in [-0.25, -0.2) is 0 Å². The van der Waals surface area contributed by atoms with Crippen LogP contribution in [0.4, 0.5) is 0 Å². The number of hydrogen-bond donors (Lipinski definition) is 1. The smallest absolute Gasteiger partial charge is 0.311 e. The molecule has 2 aromatic carbocycles. The summed E-state index contributed by atoms with van der Waals surface area (Å²) in [5.41, 5.74) is 1.49. The van der Waals surface area contributed by atoms with Gasteiger partial charge in [0.2, 0.25) is 0 Å². The molecule has 0 spiro atoms. The van der Waals surface area contributed by atoms with Crippen molar-refractivity contribution >= 4 is 18.4 Å². The van der Waals surface area contributed by atoms with Crippen molar-refractivity contribution in [2.24, 2.45) is 0 Å². The van der Waals surface area contributed by atoms with E-state index in [4.69, 9.17) is 14.7 Å². The molecular formula is C22H25ClN2O4. The van der Waals surface area contributed by atoms with Gasteiger partial charge in [0.1, 0.15) is 24.5 Å². The van der Waals surface area contributed by atoms with Crippen LogP contribution in [0.5, 0.6) is 5.75 Å². The van der Waals surface area contributed by atoms with E-state index >= 15 is 0 Å². The number of rotatable bonds is 11. The third-order valence-corrected chi connectivity index (χ3v) is 4.00. The van der Waals surface area contributed by atoms with Crippen LogP contribution < -0.4 is 4.74 Å². The number of halogens is 1. The van der Waals surface area contributed by atoms with Crippen LogP contribution in [0.1, 0.15) is 17.5 Å². The number of carbonyl (C=O) groups is 1. The monoisotopic (exact) mass is 416 g/mol. The van der Waals surface area contributed by atoms with Gasteiger partial charge in [0.05, 0.1) is 18.2 Å². The molecule has 0 aliphatic heterocycles. The van der Waals surface area contributed by atoms with Crippen molar-refractivity contribution in [1.29, 1.82) is 5.26 Å². The summed E-state index contributed by atoms with van der Waals surface area (Å²) in [7, 11) is 0. The van der Waals surface area contributed by atoms with Crippen LogP contribution in [0.3, 0.4) is 0 Å². The Balaban J connectivity index is 0.00000420. The first-order chi connectivity index (χ1) is 13.6. The first kappa shape index (κ1) is 24.2. The fraction of sp³-hybridized carbons (Fsp3) is 0.273. The molecule has 0 amide bonds. The molecular weight excluding hydrogens is 392 g/mol. The zero-order valence-electron chi connectivity index (χ0n) is 16.1. The van der Waals surface area contributed by atoms with Crippen molar-refractivity contribution in [1.82, 2.24) is 4.90 Å². The number of hydrogen-bond acceptors (Lipinski definition) is 6. The number of aliphatic hydroxyl groups is 1. The fourth-order valence-corrected chi connectivity index (χ4v) is 2.70. The Bertz CT molecular complexity index is 808. The predicted octanol–water partition coefficient (Wildman–Crippen LogP) is 3.30. The summed E-state index contributed by atoms with van der Waals surface area (Å²) in [6.07, 6.45) is 0.508. The highest BCUT2D eigenvalue weighted by atomic mass is 35.5. The highest BCUT2D eigenvalue weighted by Gasteiger charge is 2.15. The number of esters is 1. The van der Waals surface area contributed by atoms with E-state index < -0.39 is 6.10 Å². The Morgan fingerprint density at radius 3 is 2.59 bits per heavy atom. The van der Waals surface area contributed by atoms with Crippen LogP contribution in [-0.2, 0) is 16.1 Å². The van der Waals surface area contributed by atoms with Crippen molar-refractivity contribution in [2.45, 2.75) is 19.1 Å². The molecule has 0 bridgehead atoms. The largest absolute Gasteiger partial charge is 0.489 e. The summed E-state index contributed by atoms with van der Waals surface area (Å²) in [5, 5.41) is 19.5. The maximum atomic E-state index is 11.6. The second-order valence-electron chi connectivity index (χ2n) is 6.20. The molecule has 0 radical (unpaired) electrons. The van der Waals surface area contributed by atoms with Gasteiger partial charge in [-0.1, -0.05) is 49.0 Å². The Morgan fingerprint density at radius 1 is 1.21 bits per heavy atom. The predicted molar refractivity (Wildman–Crippen MR) is 113 cm³/mol. The third-order valence-electron chi connectivity index (χ3n) is 4.00. The van der Waals surface area contributed by atoms with Crippen LogP contribution in [0.2, 0.25) is 0 Å². The molecule has 154 valence electrons. The molecule has 29 heavy (non-hydrogen) atoms. The summed E-state index contributed by atoms with van der Waals surface area (Å²) in [6.45, 7) is 4.73. The van der Waals surface area contributed by atoms with E-state index in [-0.39, 0.29) is 31.4 Å². The maximum absolute atomic E-state index is 11.6. The van der Waals surface area contributed by atoms with Gasteiger partial charge in [0.25, 0.3) is 0 Å². The first-order valence-electron chi connectivity index (χ1n) is 8.99. The minimum atomic E-state index is -0.786. The lowest BCUT2D eigenvalue weighted by molar-refractivity contribution is -0.138. The molecule has 0 aliphatic carbocycles. The van der Waals surface area contributed by atoms with Gasteiger partial charge in [-0.05, 0) is 17.7 Å². The Morgan fingerprint density at radius 2 is 1.90 bits per heavy atom. The van der Waals surface area contributed by atoms with Gasteiger partial charge in [0, 0.05) is 19.6 Å². The Labute approximate surface area is 177 Å². The number of benzene rings is 2. The van der Waals surface area contributed by atoms with Crippen LogP contribution in [0, 0.1) is 11.3 Å². The summed E-state index contributed by atoms with van der Waals surface area (Å²) < 4.78 is 10.4. The SMILES string of the molecule is C=COC(=O)CCN(Cc1ccccc1)CC(O)COc1ccccc1C#N.Cl. The average molecular weight is 417 g/mol. The number of para-hydroxylation sites is 1. The zero-order valence-corrected chi connectivity index (χ0v) is 16.9. The maximum Gasteiger partial charge on any atom is 0.311 e. The number of carbonyl (C=O) groups excluding carboxylic acids is 1. The molecule has 1 unspecified atom stereocenters. The summed E-state index contributed by atoms with van der Waals surface area (Å²) >= 11 is 0. The van der Waals surface area contributed by atoms with E-state index in [2.05, 4.69) is 12.6 Å². The average Bonchev–Trinajstić information content (AvgIpc) is 2.71. The Kier molecular flexibility index (Phi) is 11.1. The normalized spacial score (nSPS) is 11.1. The highest BCUT2D eigenvalue weighted by molar-refractivity contribution is 5.85. The fourth-order valence-electron chi connectivity index (χ4n) is 2.70. The summed E-state index contributed by atoms with van der Waals surface area (Å²) in [4.78, 5) is 13.6. The lowest BCUT2D eigenvalue weighted by Gasteiger charge is -2.25. The number of ether oxygens (including phenoxy) is 2. The lowest BCUT2D eigenvalue weighted by atomic mass is 10.2. The molecule has 0 aromatic heterocycles. The van der Waals surface area contributed by atoms with Gasteiger partial charge in [-0.3, -0.25) is 9.69 Å². The van der Waals surface area contributed by atoms with E-state index in [1.54, 1.807) is 24.3 Å². The molecule has 2 rings (SSSR count). The highest BCUT2D eigenvalue weighted by Crippen LogP contribution is 2.17. The number of nitrogens with zero attached hydrogens (tertiary/aromatic N) is 2. The van der Waals surface area contributed by atoms with Crippen molar-refractivity contribution in [2.75, 3.05) is 19.7 Å². The van der Waals surface area contributed by atoms with Crippen molar-refractivity contribution in [3.8, 4) is 11.8 Å². The quantitative estimate of drug-likeness (QED) is 0.447. The third kappa shape index (κ3) is 8.79. The van der Waals surface area contributed by atoms with Crippen molar-refractivity contribution in [3.05, 3.63) is 78.6 Å². The van der Waals surface area contributed by atoms with Crippen molar-refractivity contribution < 1.29 is 19.4 Å². The molecule has 6 nitrogen and oxygen atoms in total. The van der Waals surface area contributed by atoms with E-state index in [1.807, 2.05) is 35.2 Å². The molecule has 1 atom stereocenters. The standard InChI is InChI=1S/C22H24N2O4.ClH/c1-2-27-22(26)12-13-24(15-18-8-4-3-5-9-18)16-20(25)17-28-21-11-7-6-10-19(21)14-23;/h2-11,20,25H,1,12-13,15-17H2;1H. The Hall–Kier alpha value is -2.85. The first-order valence-corrected chi connectivity index (χ1v) is 8.99. The van der Waals surface area contributed by atoms with E-state index in [1.165, 1.54) is 0 Å². The second kappa shape index (κ2) is 13.3. The van der Waals surface area contributed by atoms with E-state index in [0.717, 1.165) is 11.8 Å². The topological polar surface area (TPSA) is 82.8 Å². The number of nitriles is 1. The molecule has 7 heteroatoms. The molecule has 0 saturated heterocycles. The zero-order chi connectivity index (χ0) is 20.2. The summed E-state index contributed by atoms with van der Waals surface area (Å²) in [6, 6.07) is 18.7. The van der Waals surface area contributed by atoms with Gasteiger partial charge >= 0.3 is 5.97 Å². The minimum Gasteiger partial charge on any atom is -0.489 e. The molecule has 1 N–H and O–H groups in total.